The van der Waals surface area contributed by atoms with Gasteiger partial charge in [-0.25, -0.2) is 12.8 Å². The molecule has 7 nitrogen and oxygen atoms in total. The van der Waals surface area contributed by atoms with E-state index < -0.39 is 27.5 Å². The molecule has 2 aromatic rings. The van der Waals surface area contributed by atoms with Gasteiger partial charge in [0.15, 0.2) is 0 Å². The minimum Gasteiger partial charge on any atom is -0.326 e. The lowest BCUT2D eigenvalue weighted by molar-refractivity contribution is -0.116. The van der Waals surface area contributed by atoms with E-state index in [0.29, 0.717) is 5.69 Å². The number of carbonyl (C=O) groups excluding carboxylic acids is 2. The Morgan fingerprint density at radius 2 is 1.69 bits per heavy atom. The SMILES string of the molecule is CC(=O)Nc1cccc(NS(=O)(=O)CCC(=O)Nc2ccccc2F)c1. The molecular formula is C17H18FN3O4S. The first-order chi connectivity index (χ1) is 12.2. The maximum absolute atomic E-state index is 13.5. The molecule has 0 aromatic heterocycles. The molecule has 0 heterocycles. The first-order valence-corrected chi connectivity index (χ1v) is 9.33. The standard InChI is InChI=1S/C17H18FN3O4S/c1-12(22)19-13-5-4-6-14(11-13)21-26(24,25)10-9-17(23)20-16-8-3-2-7-15(16)18/h2-8,11,21H,9-10H2,1H3,(H,19,22)(H,20,23). The molecule has 0 saturated carbocycles. The quantitative estimate of drug-likeness (QED) is 0.688. The first kappa shape index (κ1) is 19.4. The number of para-hydroxylation sites is 1. The van der Waals surface area contributed by atoms with E-state index in [1.807, 2.05) is 0 Å². The first-order valence-electron chi connectivity index (χ1n) is 7.68. The summed E-state index contributed by atoms with van der Waals surface area (Å²) in [5, 5.41) is 4.86. The largest absolute Gasteiger partial charge is 0.326 e. The molecule has 0 aliphatic heterocycles. The van der Waals surface area contributed by atoms with Crippen molar-refractivity contribution in [1.29, 1.82) is 0 Å². The van der Waals surface area contributed by atoms with Crippen molar-refractivity contribution in [2.24, 2.45) is 0 Å². The Kier molecular flexibility index (Phi) is 6.29. The fraction of sp³-hybridized carbons (Fsp3) is 0.176. The van der Waals surface area contributed by atoms with Crippen molar-refractivity contribution < 1.29 is 22.4 Å². The second-order valence-corrected chi connectivity index (χ2v) is 7.30. The summed E-state index contributed by atoms with van der Waals surface area (Å²) in [4.78, 5) is 22.9. The average Bonchev–Trinajstić information content (AvgIpc) is 2.54. The molecule has 0 radical (unpaired) electrons. The summed E-state index contributed by atoms with van der Waals surface area (Å²) >= 11 is 0. The van der Waals surface area contributed by atoms with E-state index in [1.165, 1.54) is 37.3 Å². The van der Waals surface area contributed by atoms with Crippen molar-refractivity contribution in [3.8, 4) is 0 Å². The van der Waals surface area contributed by atoms with Crippen molar-refractivity contribution in [3.05, 3.63) is 54.3 Å². The molecule has 2 amide bonds. The number of benzene rings is 2. The lowest BCUT2D eigenvalue weighted by atomic mass is 10.3. The number of hydrogen-bond acceptors (Lipinski definition) is 4. The van der Waals surface area contributed by atoms with Gasteiger partial charge >= 0.3 is 0 Å². The lowest BCUT2D eigenvalue weighted by Crippen LogP contribution is -2.22. The van der Waals surface area contributed by atoms with Crippen LogP contribution in [-0.2, 0) is 19.6 Å². The highest BCUT2D eigenvalue weighted by Crippen LogP contribution is 2.17. The van der Waals surface area contributed by atoms with Crippen LogP contribution in [0.1, 0.15) is 13.3 Å². The monoisotopic (exact) mass is 379 g/mol. The van der Waals surface area contributed by atoms with E-state index in [4.69, 9.17) is 0 Å². The smallest absolute Gasteiger partial charge is 0.233 e. The average molecular weight is 379 g/mol. The lowest BCUT2D eigenvalue weighted by Gasteiger charge is -2.10. The molecule has 0 bridgehead atoms. The number of halogens is 1. The Hall–Kier alpha value is -2.94. The van der Waals surface area contributed by atoms with Gasteiger partial charge in [0.25, 0.3) is 0 Å². The third-order valence-electron chi connectivity index (χ3n) is 3.20. The Bertz CT molecular complexity index is 916. The molecule has 0 atom stereocenters. The van der Waals surface area contributed by atoms with Gasteiger partial charge in [-0.2, -0.15) is 0 Å². The predicted molar refractivity (Wildman–Crippen MR) is 97.8 cm³/mol. The zero-order valence-corrected chi connectivity index (χ0v) is 14.8. The van der Waals surface area contributed by atoms with Crippen molar-refractivity contribution in [1.82, 2.24) is 0 Å². The Labute approximate surface area is 150 Å². The minimum atomic E-state index is -3.79. The third kappa shape index (κ3) is 6.17. The fourth-order valence-electron chi connectivity index (χ4n) is 2.10. The zero-order valence-electron chi connectivity index (χ0n) is 14.0. The van der Waals surface area contributed by atoms with Gasteiger partial charge in [0.1, 0.15) is 5.82 Å². The molecule has 138 valence electrons. The molecule has 2 aromatic carbocycles. The van der Waals surface area contributed by atoms with E-state index in [0.717, 1.165) is 0 Å². The van der Waals surface area contributed by atoms with Crippen molar-refractivity contribution in [2.45, 2.75) is 13.3 Å². The van der Waals surface area contributed by atoms with Crippen molar-refractivity contribution >= 4 is 38.9 Å². The molecule has 9 heteroatoms. The number of amides is 2. The van der Waals surface area contributed by atoms with Crippen LogP contribution in [0.4, 0.5) is 21.5 Å². The highest BCUT2D eigenvalue weighted by atomic mass is 32.2. The highest BCUT2D eigenvalue weighted by Gasteiger charge is 2.15. The molecule has 0 aliphatic carbocycles. The van der Waals surface area contributed by atoms with Gasteiger partial charge in [0.2, 0.25) is 21.8 Å². The van der Waals surface area contributed by atoms with Gasteiger partial charge in [-0.15, -0.1) is 0 Å². The van der Waals surface area contributed by atoms with Crippen LogP contribution in [0.25, 0.3) is 0 Å². The van der Waals surface area contributed by atoms with Gasteiger partial charge in [-0.1, -0.05) is 18.2 Å². The summed E-state index contributed by atoms with van der Waals surface area (Å²) in [5.41, 5.74) is 0.687. The molecular weight excluding hydrogens is 361 g/mol. The number of sulfonamides is 1. The minimum absolute atomic E-state index is 0.00846. The van der Waals surface area contributed by atoms with E-state index in [2.05, 4.69) is 15.4 Å². The highest BCUT2D eigenvalue weighted by molar-refractivity contribution is 7.92. The van der Waals surface area contributed by atoms with Crippen LogP contribution in [0.5, 0.6) is 0 Å². The van der Waals surface area contributed by atoms with Crippen LogP contribution in [0.15, 0.2) is 48.5 Å². The number of carbonyl (C=O) groups is 2. The number of anilines is 3. The van der Waals surface area contributed by atoms with Gasteiger partial charge in [0, 0.05) is 19.0 Å². The molecule has 26 heavy (non-hydrogen) atoms. The molecule has 0 unspecified atom stereocenters. The van der Waals surface area contributed by atoms with Crippen LogP contribution in [0.2, 0.25) is 0 Å². The summed E-state index contributed by atoms with van der Waals surface area (Å²) in [6.07, 6.45) is -0.338. The maximum Gasteiger partial charge on any atom is 0.233 e. The second-order valence-electron chi connectivity index (χ2n) is 5.46. The van der Waals surface area contributed by atoms with E-state index >= 15 is 0 Å². The number of nitrogens with one attached hydrogen (secondary N) is 3. The fourth-order valence-corrected chi connectivity index (χ4v) is 3.14. The van der Waals surface area contributed by atoms with Gasteiger partial charge in [0.05, 0.1) is 17.1 Å². The zero-order chi connectivity index (χ0) is 19.2. The molecule has 0 saturated heterocycles. The van der Waals surface area contributed by atoms with Crippen LogP contribution < -0.4 is 15.4 Å². The summed E-state index contributed by atoms with van der Waals surface area (Å²) in [6.45, 7) is 1.34. The van der Waals surface area contributed by atoms with E-state index in [1.54, 1.807) is 18.2 Å². The summed E-state index contributed by atoms with van der Waals surface area (Å²) in [7, 11) is -3.79. The summed E-state index contributed by atoms with van der Waals surface area (Å²) < 4.78 is 40.0. The Morgan fingerprint density at radius 1 is 1.00 bits per heavy atom. The van der Waals surface area contributed by atoms with Gasteiger partial charge in [-0.3, -0.25) is 14.3 Å². The summed E-state index contributed by atoms with van der Waals surface area (Å²) in [6, 6.07) is 11.8. The Balaban J connectivity index is 1.93. The van der Waals surface area contributed by atoms with E-state index in [-0.39, 0.29) is 23.7 Å². The third-order valence-corrected chi connectivity index (χ3v) is 4.49. The number of rotatable bonds is 7. The molecule has 2 rings (SSSR count). The molecule has 0 aliphatic rings. The molecule has 3 N–H and O–H groups in total. The van der Waals surface area contributed by atoms with Gasteiger partial charge in [-0.05, 0) is 30.3 Å². The van der Waals surface area contributed by atoms with Crippen LogP contribution in [0, 0.1) is 5.82 Å². The topological polar surface area (TPSA) is 104 Å². The van der Waals surface area contributed by atoms with Crippen LogP contribution in [0.3, 0.4) is 0 Å². The summed E-state index contributed by atoms with van der Waals surface area (Å²) in [5.74, 6) is -1.98. The van der Waals surface area contributed by atoms with Crippen LogP contribution >= 0.6 is 0 Å². The number of hydrogen-bond donors (Lipinski definition) is 3. The van der Waals surface area contributed by atoms with Crippen molar-refractivity contribution in [2.75, 3.05) is 21.1 Å². The molecule has 0 spiro atoms. The van der Waals surface area contributed by atoms with Gasteiger partial charge < -0.3 is 10.6 Å². The Morgan fingerprint density at radius 3 is 2.38 bits per heavy atom. The molecule has 0 fully saturated rings. The maximum atomic E-state index is 13.5. The van der Waals surface area contributed by atoms with Crippen LogP contribution in [-0.4, -0.2) is 26.0 Å². The van der Waals surface area contributed by atoms with E-state index in [9.17, 15) is 22.4 Å². The second kappa shape index (κ2) is 8.43. The van der Waals surface area contributed by atoms with Crippen molar-refractivity contribution in [3.63, 3.8) is 0 Å². The predicted octanol–water partition coefficient (Wildman–Crippen LogP) is 2.55. The normalized spacial score (nSPS) is 10.8.